The normalized spacial score (nSPS) is 12.5. The Balaban J connectivity index is 2.76. The van der Waals surface area contributed by atoms with Gasteiger partial charge in [-0.25, -0.2) is 4.39 Å². The zero-order valence-corrected chi connectivity index (χ0v) is 11.5. The number of hydrogen-bond donors (Lipinski definition) is 1. The summed E-state index contributed by atoms with van der Waals surface area (Å²) < 4.78 is 15.2. The molecule has 15 heavy (non-hydrogen) atoms. The van der Waals surface area contributed by atoms with Crippen molar-refractivity contribution < 1.29 is 4.39 Å². The van der Waals surface area contributed by atoms with Gasteiger partial charge in [0.25, 0.3) is 0 Å². The Morgan fingerprint density at radius 3 is 2.87 bits per heavy atom. The van der Waals surface area contributed by atoms with Crippen LogP contribution in [0.1, 0.15) is 18.5 Å². The number of hydrogen-bond acceptors (Lipinski definition) is 1. The molecule has 4 heteroatoms. The van der Waals surface area contributed by atoms with Crippen molar-refractivity contribution in [2.24, 2.45) is 0 Å². The Morgan fingerprint density at radius 2 is 2.27 bits per heavy atom. The maximum atomic E-state index is 13.4. The summed E-state index contributed by atoms with van der Waals surface area (Å²) in [6.45, 7) is 6.25. The van der Waals surface area contributed by atoms with Gasteiger partial charge in [0.1, 0.15) is 5.82 Å². The highest BCUT2D eigenvalue weighted by Gasteiger charge is 2.10. The molecule has 0 aromatic heterocycles. The molecule has 0 aliphatic rings. The summed E-state index contributed by atoms with van der Waals surface area (Å²) in [7, 11) is 0. The van der Waals surface area contributed by atoms with Crippen LogP contribution in [-0.4, -0.2) is 6.54 Å². The number of rotatable bonds is 4. The first-order chi connectivity index (χ1) is 7.00. The van der Waals surface area contributed by atoms with Gasteiger partial charge in [-0.2, -0.15) is 0 Å². The van der Waals surface area contributed by atoms with E-state index in [1.165, 1.54) is 6.07 Å². The quantitative estimate of drug-likeness (QED) is 0.871. The van der Waals surface area contributed by atoms with Crippen LogP contribution >= 0.6 is 31.9 Å². The molecule has 1 nitrogen and oxygen atoms in total. The molecule has 0 heterocycles. The lowest BCUT2D eigenvalue weighted by Gasteiger charge is -2.14. The highest BCUT2D eigenvalue weighted by Crippen LogP contribution is 2.21. The topological polar surface area (TPSA) is 12.0 Å². The third-order valence-corrected chi connectivity index (χ3v) is 2.80. The minimum atomic E-state index is -0.196. The van der Waals surface area contributed by atoms with E-state index in [2.05, 4.69) is 43.8 Å². The first-order valence-corrected chi connectivity index (χ1v) is 6.11. The zero-order chi connectivity index (χ0) is 11.4. The predicted molar refractivity (Wildman–Crippen MR) is 68.6 cm³/mol. The van der Waals surface area contributed by atoms with E-state index < -0.39 is 0 Å². The summed E-state index contributed by atoms with van der Waals surface area (Å²) in [5.41, 5.74) is 0.651. The van der Waals surface area contributed by atoms with Crippen LogP contribution in [0.2, 0.25) is 0 Å². The fourth-order valence-corrected chi connectivity index (χ4v) is 1.76. The Kier molecular flexibility index (Phi) is 4.96. The van der Waals surface area contributed by atoms with Crippen molar-refractivity contribution in [3.8, 4) is 0 Å². The third kappa shape index (κ3) is 4.05. The first-order valence-electron chi connectivity index (χ1n) is 4.52. The van der Waals surface area contributed by atoms with E-state index in [1.54, 1.807) is 12.1 Å². The van der Waals surface area contributed by atoms with Crippen molar-refractivity contribution in [2.75, 3.05) is 6.54 Å². The minimum absolute atomic E-state index is 0.0446. The third-order valence-electron chi connectivity index (χ3n) is 2.02. The van der Waals surface area contributed by atoms with Gasteiger partial charge in [0.05, 0.1) is 0 Å². The molecule has 0 aliphatic heterocycles. The average Bonchev–Trinajstić information content (AvgIpc) is 2.18. The Labute approximate surface area is 106 Å². The van der Waals surface area contributed by atoms with E-state index in [1.807, 2.05) is 6.92 Å². The predicted octanol–water partition coefficient (Wildman–Crippen LogP) is 4.15. The minimum Gasteiger partial charge on any atom is -0.306 e. The van der Waals surface area contributed by atoms with E-state index >= 15 is 0 Å². The van der Waals surface area contributed by atoms with Gasteiger partial charge in [-0.15, -0.1) is 0 Å². The standard InChI is InChI=1S/C11H12Br2FN/c1-7(12)6-15-8(2)10-5-9(13)3-4-11(10)14/h3-5,8,15H,1,6H2,2H3. The molecule has 1 N–H and O–H groups in total. The molecule has 82 valence electrons. The van der Waals surface area contributed by atoms with Crippen LogP contribution in [0.15, 0.2) is 33.7 Å². The van der Waals surface area contributed by atoms with Crippen molar-refractivity contribution in [1.29, 1.82) is 0 Å². The SMILES string of the molecule is C=C(Br)CNC(C)c1cc(Br)ccc1F. The lowest BCUT2D eigenvalue weighted by molar-refractivity contribution is 0.548. The van der Waals surface area contributed by atoms with Crippen LogP contribution in [0.5, 0.6) is 0 Å². The second-order valence-corrected chi connectivity index (χ2v) is 5.32. The number of nitrogens with one attached hydrogen (secondary N) is 1. The summed E-state index contributed by atoms with van der Waals surface area (Å²) >= 11 is 6.57. The second-order valence-electron chi connectivity index (χ2n) is 3.29. The molecule has 1 atom stereocenters. The van der Waals surface area contributed by atoms with Gasteiger partial charge < -0.3 is 5.32 Å². The van der Waals surface area contributed by atoms with E-state index in [9.17, 15) is 4.39 Å². The lowest BCUT2D eigenvalue weighted by atomic mass is 10.1. The molecule has 0 spiro atoms. The summed E-state index contributed by atoms with van der Waals surface area (Å²) in [5.74, 6) is -0.196. The summed E-state index contributed by atoms with van der Waals surface area (Å²) in [6.07, 6.45) is 0. The fraction of sp³-hybridized carbons (Fsp3) is 0.273. The molecule has 0 saturated heterocycles. The van der Waals surface area contributed by atoms with Crippen LogP contribution in [0.3, 0.4) is 0 Å². The van der Waals surface area contributed by atoms with Gasteiger partial charge in [-0.05, 0) is 25.1 Å². The molecule has 1 aromatic carbocycles. The van der Waals surface area contributed by atoms with Gasteiger partial charge in [0, 0.05) is 27.1 Å². The van der Waals surface area contributed by atoms with Gasteiger partial charge in [-0.1, -0.05) is 38.4 Å². The van der Waals surface area contributed by atoms with E-state index in [-0.39, 0.29) is 11.9 Å². The molecule has 1 unspecified atom stereocenters. The molecule has 0 fully saturated rings. The van der Waals surface area contributed by atoms with Crippen molar-refractivity contribution in [2.45, 2.75) is 13.0 Å². The smallest absolute Gasteiger partial charge is 0.128 e. The summed E-state index contributed by atoms with van der Waals surface area (Å²) in [4.78, 5) is 0. The highest BCUT2D eigenvalue weighted by atomic mass is 79.9. The van der Waals surface area contributed by atoms with Crippen LogP contribution in [-0.2, 0) is 0 Å². The molecule has 0 saturated carbocycles. The monoisotopic (exact) mass is 335 g/mol. The van der Waals surface area contributed by atoms with Crippen LogP contribution < -0.4 is 5.32 Å². The highest BCUT2D eigenvalue weighted by molar-refractivity contribution is 9.11. The molecular weight excluding hydrogens is 325 g/mol. The van der Waals surface area contributed by atoms with E-state index in [0.717, 1.165) is 8.96 Å². The first kappa shape index (κ1) is 12.9. The summed E-state index contributed by atoms with van der Waals surface area (Å²) in [5, 5.41) is 3.16. The maximum Gasteiger partial charge on any atom is 0.128 e. The van der Waals surface area contributed by atoms with Crippen molar-refractivity contribution >= 4 is 31.9 Å². The molecule has 0 aliphatic carbocycles. The average molecular weight is 337 g/mol. The lowest BCUT2D eigenvalue weighted by Crippen LogP contribution is -2.20. The van der Waals surface area contributed by atoms with E-state index in [4.69, 9.17) is 0 Å². The van der Waals surface area contributed by atoms with Gasteiger partial charge in [0.2, 0.25) is 0 Å². The number of halogens is 3. The van der Waals surface area contributed by atoms with Gasteiger partial charge in [-0.3, -0.25) is 0 Å². The van der Waals surface area contributed by atoms with E-state index in [0.29, 0.717) is 12.1 Å². The Hall–Kier alpha value is -0.190. The van der Waals surface area contributed by atoms with Crippen LogP contribution in [0, 0.1) is 5.82 Å². The number of benzene rings is 1. The Morgan fingerprint density at radius 1 is 1.60 bits per heavy atom. The van der Waals surface area contributed by atoms with Crippen molar-refractivity contribution in [3.05, 3.63) is 45.1 Å². The largest absolute Gasteiger partial charge is 0.306 e. The summed E-state index contributed by atoms with van der Waals surface area (Å²) in [6, 6.07) is 4.89. The van der Waals surface area contributed by atoms with Gasteiger partial charge in [0.15, 0.2) is 0 Å². The molecule has 1 aromatic rings. The fourth-order valence-electron chi connectivity index (χ4n) is 1.22. The molecule has 1 rings (SSSR count). The van der Waals surface area contributed by atoms with Crippen LogP contribution in [0.4, 0.5) is 4.39 Å². The maximum absolute atomic E-state index is 13.4. The zero-order valence-electron chi connectivity index (χ0n) is 8.36. The molecule has 0 bridgehead atoms. The van der Waals surface area contributed by atoms with Crippen molar-refractivity contribution in [3.63, 3.8) is 0 Å². The van der Waals surface area contributed by atoms with Gasteiger partial charge >= 0.3 is 0 Å². The van der Waals surface area contributed by atoms with Crippen LogP contribution in [0.25, 0.3) is 0 Å². The molecule has 0 amide bonds. The molecular formula is C11H12Br2FN. The second kappa shape index (κ2) is 5.77. The Bertz CT molecular complexity index is 366. The van der Waals surface area contributed by atoms with Crippen molar-refractivity contribution in [1.82, 2.24) is 5.32 Å². The molecule has 0 radical (unpaired) electrons.